The van der Waals surface area contributed by atoms with Gasteiger partial charge in [0, 0.05) is 24.5 Å². The number of hydrogen-bond donors (Lipinski definition) is 2. The summed E-state index contributed by atoms with van der Waals surface area (Å²) in [7, 11) is -3.89. The van der Waals surface area contributed by atoms with Crippen molar-refractivity contribution in [2.24, 2.45) is 22.7 Å². The van der Waals surface area contributed by atoms with Gasteiger partial charge in [-0.1, -0.05) is 33.1 Å². The molecule has 3 saturated carbocycles. The Morgan fingerprint density at radius 2 is 1.61 bits per heavy atom. The van der Waals surface area contributed by atoms with Crippen molar-refractivity contribution < 1.29 is 27.5 Å². The highest BCUT2D eigenvalue weighted by molar-refractivity contribution is 7.92. The number of benzene rings is 1. The van der Waals surface area contributed by atoms with E-state index in [1.807, 2.05) is 27.7 Å². The minimum atomic E-state index is -3.89. The number of sulfonamides is 1. The minimum Gasteiger partial charge on any atom is -0.492 e. The molecule has 0 spiro atoms. The van der Waals surface area contributed by atoms with Crippen molar-refractivity contribution in [3.8, 4) is 11.5 Å². The summed E-state index contributed by atoms with van der Waals surface area (Å²) in [5.41, 5.74) is -0.523. The van der Waals surface area contributed by atoms with Crippen LogP contribution in [0.15, 0.2) is 12.1 Å². The zero-order chi connectivity index (χ0) is 26.1. The first kappa shape index (κ1) is 26.8. The van der Waals surface area contributed by atoms with Crippen LogP contribution in [0.2, 0.25) is 0 Å². The number of anilines is 2. The SMILES string of the molecule is CCOc1cc(NS(=O)(=O)CC23CCC(CC2=O)C3(C)C)c(OCC)cc1NC(=O)C1CCCCC1. The van der Waals surface area contributed by atoms with Crippen LogP contribution in [0.1, 0.15) is 79.1 Å². The summed E-state index contributed by atoms with van der Waals surface area (Å²) in [6.45, 7) is 8.35. The van der Waals surface area contributed by atoms with Crippen molar-refractivity contribution in [3.05, 3.63) is 12.1 Å². The lowest BCUT2D eigenvalue weighted by molar-refractivity contribution is -0.128. The molecule has 4 rings (SSSR count). The number of nitrogens with one attached hydrogen (secondary N) is 2. The molecule has 0 saturated heterocycles. The zero-order valence-electron chi connectivity index (χ0n) is 21.9. The third kappa shape index (κ3) is 4.95. The van der Waals surface area contributed by atoms with Gasteiger partial charge >= 0.3 is 0 Å². The van der Waals surface area contributed by atoms with Crippen LogP contribution in [0.3, 0.4) is 0 Å². The average molecular weight is 521 g/mol. The maximum atomic E-state index is 13.4. The van der Waals surface area contributed by atoms with E-state index in [4.69, 9.17) is 9.47 Å². The highest BCUT2D eigenvalue weighted by atomic mass is 32.2. The molecule has 200 valence electrons. The van der Waals surface area contributed by atoms with E-state index in [1.54, 1.807) is 12.1 Å². The molecule has 2 atom stereocenters. The van der Waals surface area contributed by atoms with Gasteiger partial charge in [-0.15, -0.1) is 0 Å². The van der Waals surface area contributed by atoms with Gasteiger partial charge in [-0.2, -0.15) is 0 Å². The lowest BCUT2D eigenvalue weighted by atomic mass is 9.70. The van der Waals surface area contributed by atoms with Gasteiger partial charge in [-0.25, -0.2) is 8.42 Å². The quantitative estimate of drug-likeness (QED) is 0.442. The topological polar surface area (TPSA) is 111 Å². The van der Waals surface area contributed by atoms with Gasteiger partial charge in [0.15, 0.2) is 0 Å². The van der Waals surface area contributed by atoms with Gasteiger partial charge in [-0.05, 0) is 50.9 Å². The molecule has 2 unspecified atom stereocenters. The molecule has 9 heteroatoms. The van der Waals surface area contributed by atoms with Crippen molar-refractivity contribution in [2.75, 3.05) is 29.0 Å². The molecule has 0 radical (unpaired) electrons. The van der Waals surface area contributed by atoms with Crippen LogP contribution in [0.4, 0.5) is 11.4 Å². The number of rotatable bonds is 10. The van der Waals surface area contributed by atoms with E-state index in [-0.39, 0.29) is 40.4 Å². The Kier molecular flexibility index (Phi) is 7.60. The van der Waals surface area contributed by atoms with E-state index in [0.29, 0.717) is 43.2 Å². The average Bonchev–Trinajstić information content (AvgIpc) is 3.16. The van der Waals surface area contributed by atoms with Gasteiger partial charge < -0.3 is 14.8 Å². The predicted octanol–water partition coefficient (Wildman–Crippen LogP) is 5.14. The summed E-state index contributed by atoms with van der Waals surface area (Å²) in [4.78, 5) is 25.8. The molecule has 3 aliphatic rings. The van der Waals surface area contributed by atoms with Crippen molar-refractivity contribution in [1.82, 2.24) is 0 Å². The third-order valence-electron chi connectivity index (χ3n) is 8.76. The summed E-state index contributed by atoms with van der Waals surface area (Å²) >= 11 is 0. The van der Waals surface area contributed by atoms with E-state index in [2.05, 4.69) is 10.0 Å². The molecule has 1 aromatic carbocycles. The number of carbonyl (C=O) groups is 2. The standard InChI is InChI=1S/C27H40N2O6S/c1-5-34-22-16-21(23(35-6-2)15-20(22)28-25(31)18-10-8-7-9-11-18)29-36(32,33)17-27-13-12-19(14-24(27)30)26(27,3)4/h15-16,18-19,29H,5-14,17H2,1-4H3,(H,28,31). The number of hydrogen-bond acceptors (Lipinski definition) is 6. The molecule has 3 fully saturated rings. The summed E-state index contributed by atoms with van der Waals surface area (Å²) in [5.74, 6) is 0.622. The summed E-state index contributed by atoms with van der Waals surface area (Å²) in [6, 6.07) is 3.20. The van der Waals surface area contributed by atoms with Crippen molar-refractivity contribution in [2.45, 2.75) is 79.1 Å². The Labute approximate surface area is 214 Å². The second-order valence-corrected chi connectivity index (χ2v) is 12.8. The molecule has 0 aliphatic heterocycles. The van der Waals surface area contributed by atoms with E-state index < -0.39 is 15.4 Å². The van der Waals surface area contributed by atoms with Crippen LogP contribution in [0.5, 0.6) is 11.5 Å². The maximum Gasteiger partial charge on any atom is 0.233 e. The number of ether oxygens (including phenoxy) is 2. The Morgan fingerprint density at radius 3 is 2.17 bits per heavy atom. The van der Waals surface area contributed by atoms with Crippen molar-refractivity contribution in [3.63, 3.8) is 0 Å². The summed E-state index contributed by atoms with van der Waals surface area (Å²) in [6.07, 6.45) is 6.90. The molecule has 8 nitrogen and oxygen atoms in total. The molecule has 0 aromatic heterocycles. The predicted molar refractivity (Wildman–Crippen MR) is 140 cm³/mol. The number of carbonyl (C=O) groups excluding carboxylic acids is 2. The molecule has 36 heavy (non-hydrogen) atoms. The van der Waals surface area contributed by atoms with Crippen molar-refractivity contribution in [1.29, 1.82) is 0 Å². The minimum absolute atomic E-state index is 0.0382. The zero-order valence-corrected chi connectivity index (χ0v) is 22.8. The van der Waals surface area contributed by atoms with Crippen LogP contribution in [0, 0.1) is 22.7 Å². The number of fused-ring (bicyclic) bond motifs is 2. The van der Waals surface area contributed by atoms with Crippen LogP contribution < -0.4 is 19.5 Å². The van der Waals surface area contributed by atoms with Gasteiger partial charge in [0.25, 0.3) is 0 Å². The van der Waals surface area contributed by atoms with Crippen molar-refractivity contribution >= 4 is 33.1 Å². The fourth-order valence-electron chi connectivity index (χ4n) is 6.52. The molecule has 1 aromatic rings. The van der Waals surface area contributed by atoms with E-state index in [1.165, 1.54) is 0 Å². The Balaban J connectivity index is 1.61. The Bertz CT molecular complexity index is 1110. The third-order valence-corrected chi connectivity index (χ3v) is 10.2. The number of amides is 1. The second kappa shape index (κ2) is 10.2. The molecular weight excluding hydrogens is 480 g/mol. The highest BCUT2D eigenvalue weighted by Crippen LogP contribution is 2.64. The highest BCUT2D eigenvalue weighted by Gasteiger charge is 2.65. The monoisotopic (exact) mass is 520 g/mol. The van der Waals surface area contributed by atoms with Crippen LogP contribution in [-0.4, -0.2) is 39.1 Å². The summed E-state index contributed by atoms with van der Waals surface area (Å²) in [5, 5.41) is 2.98. The van der Waals surface area contributed by atoms with E-state index >= 15 is 0 Å². The largest absolute Gasteiger partial charge is 0.492 e. The fraction of sp³-hybridized carbons (Fsp3) is 0.704. The van der Waals surface area contributed by atoms with Gasteiger partial charge in [0.1, 0.15) is 17.3 Å². The normalized spacial score (nSPS) is 25.6. The summed E-state index contributed by atoms with van der Waals surface area (Å²) < 4.78 is 41.1. The van der Waals surface area contributed by atoms with Crippen LogP contribution in [-0.2, 0) is 19.6 Å². The smallest absolute Gasteiger partial charge is 0.233 e. The van der Waals surface area contributed by atoms with Gasteiger partial charge in [-0.3, -0.25) is 14.3 Å². The number of Topliss-reactive ketones (excluding diaryl/α,β-unsaturated/α-hetero) is 1. The fourth-order valence-corrected chi connectivity index (χ4v) is 8.42. The second-order valence-electron chi connectivity index (χ2n) is 11.1. The molecule has 1 amide bonds. The maximum absolute atomic E-state index is 13.4. The van der Waals surface area contributed by atoms with Gasteiger partial charge in [0.2, 0.25) is 15.9 Å². The van der Waals surface area contributed by atoms with Crippen LogP contribution in [0.25, 0.3) is 0 Å². The lowest BCUT2D eigenvalue weighted by Gasteiger charge is -2.36. The number of ketones is 1. The first-order valence-corrected chi connectivity index (χ1v) is 15.0. The first-order valence-electron chi connectivity index (χ1n) is 13.3. The first-order chi connectivity index (χ1) is 17.0. The molecular formula is C27H40N2O6S. The molecule has 3 aliphatic carbocycles. The van der Waals surface area contributed by atoms with E-state index in [0.717, 1.165) is 38.5 Å². The Morgan fingerprint density at radius 1 is 1.00 bits per heavy atom. The molecule has 2 N–H and O–H groups in total. The molecule has 2 bridgehead atoms. The molecule has 0 heterocycles. The van der Waals surface area contributed by atoms with Crippen LogP contribution >= 0.6 is 0 Å². The van der Waals surface area contributed by atoms with Gasteiger partial charge in [0.05, 0.1) is 35.8 Å². The Hall–Kier alpha value is -2.29. The van der Waals surface area contributed by atoms with E-state index in [9.17, 15) is 18.0 Å². The lowest BCUT2D eigenvalue weighted by Crippen LogP contribution is -2.43.